The largest absolute Gasteiger partial charge is 0.496 e. The molecular weight excluding hydrogens is 283 g/mol. The van der Waals surface area contributed by atoms with Crippen molar-refractivity contribution < 1.29 is 18.7 Å². The number of ether oxygens (including phenoxy) is 2. The smallest absolute Gasteiger partial charge is 0.196 e. The van der Waals surface area contributed by atoms with E-state index in [0.29, 0.717) is 23.5 Å². The van der Waals surface area contributed by atoms with Crippen molar-refractivity contribution >= 4 is 5.78 Å². The summed E-state index contributed by atoms with van der Waals surface area (Å²) in [5.74, 6) is 0.0502. The number of benzene rings is 2. The molecule has 0 aromatic heterocycles. The molecule has 2 aromatic carbocycles. The topological polar surface area (TPSA) is 35.5 Å². The van der Waals surface area contributed by atoms with Crippen molar-refractivity contribution in [1.29, 1.82) is 0 Å². The molecule has 3 rings (SSSR count). The highest BCUT2D eigenvalue weighted by molar-refractivity contribution is 6.10. The molecule has 0 bridgehead atoms. The standard InChI is InChI=1S/C18H17FO3/c1-21-16-8-3-2-7-14(16)17(20)13-10-12-6-4-5-9-22-18(12)15(19)11-13/h2-3,7-8,10-11H,4-6,9H2,1H3. The quantitative estimate of drug-likeness (QED) is 0.809. The van der Waals surface area contributed by atoms with Crippen molar-refractivity contribution in [3.05, 3.63) is 58.9 Å². The lowest BCUT2D eigenvalue weighted by atomic mass is 9.98. The summed E-state index contributed by atoms with van der Waals surface area (Å²) in [6, 6.07) is 9.94. The lowest BCUT2D eigenvalue weighted by Gasteiger charge is -2.12. The minimum Gasteiger partial charge on any atom is -0.496 e. The number of rotatable bonds is 3. The first-order chi connectivity index (χ1) is 10.7. The fourth-order valence-corrected chi connectivity index (χ4v) is 2.71. The first-order valence-corrected chi connectivity index (χ1v) is 7.33. The Hall–Kier alpha value is -2.36. The van der Waals surface area contributed by atoms with Gasteiger partial charge in [-0.3, -0.25) is 4.79 Å². The lowest BCUT2D eigenvalue weighted by Crippen LogP contribution is -2.06. The monoisotopic (exact) mass is 300 g/mol. The van der Waals surface area contributed by atoms with Crippen LogP contribution in [0, 0.1) is 5.82 Å². The van der Waals surface area contributed by atoms with E-state index in [1.165, 1.54) is 13.2 Å². The van der Waals surface area contributed by atoms with Gasteiger partial charge in [-0.05, 0) is 49.1 Å². The van der Waals surface area contributed by atoms with Crippen LogP contribution >= 0.6 is 0 Å². The van der Waals surface area contributed by atoms with Gasteiger partial charge in [0.05, 0.1) is 19.3 Å². The van der Waals surface area contributed by atoms with Crippen LogP contribution in [0.25, 0.3) is 0 Å². The molecule has 0 saturated heterocycles. The Morgan fingerprint density at radius 2 is 2.05 bits per heavy atom. The van der Waals surface area contributed by atoms with Crippen LogP contribution in [0.5, 0.6) is 11.5 Å². The highest BCUT2D eigenvalue weighted by Crippen LogP contribution is 2.30. The average molecular weight is 300 g/mol. The number of fused-ring (bicyclic) bond motifs is 1. The Kier molecular flexibility index (Phi) is 4.09. The van der Waals surface area contributed by atoms with Crippen LogP contribution in [0.2, 0.25) is 0 Å². The van der Waals surface area contributed by atoms with Crippen LogP contribution in [0.4, 0.5) is 4.39 Å². The molecule has 0 saturated carbocycles. The van der Waals surface area contributed by atoms with E-state index in [1.54, 1.807) is 30.3 Å². The van der Waals surface area contributed by atoms with Crippen molar-refractivity contribution in [2.24, 2.45) is 0 Å². The van der Waals surface area contributed by atoms with E-state index < -0.39 is 5.82 Å². The second-order valence-electron chi connectivity index (χ2n) is 5.28. The number of carbonyl (C=O) groups is 1. The van der Waals surface area contributed by atoms with Crippen LogP contribution in [-0.4, -0.2) is 19.5 Å². The normalized spacial score (nSPS) is 13.7. The number of hydrogen-bond acceptors (Lipinski definition) is 3. The van der Waals surface area contributed by atoms with Gasteiger partial charge in [0.15, 0.2) is 17.3 Å². The number of aryl methyl sites for hydroxylation is 1. The van der Waals surface area contributed by atoms with Crippen LogP contribution in [0.15, 0.2) is 36.4 Å². The predicted octanol–water partition coefficient (Wildman–Crippen LogP) is 3.78. The van der Waals surface area contributed by atoms with E-state index in [0.717, 1.165) is 24.8 Å². The maximum atomic E-state index is 14.3. The van der Waals surface area contributed by atoms with Gasteiger partial charge in [0.2, 0.25) is 0 Å². The van der Waals surface area contributed by atoms with Gasteiger partial charge in [0.25, 0.3) is 0 Å². The Balaban J connectivity index is 2.03. The van der Waals surface area contributed by atoms with Crippen LogP contribution in [0.1, 0.15) is 34.3 Å². The van der Waals surface area contributed by atoms with Gasteiger partial charge in [-0.2, -0.15) is 0 Å². The molecule has 0 N–H and O–H groups in total. The van der Waals surface area contributed by atoms with Crippen LogP contribution in [0.3, 0.4) is 0 Å². The van der Waals surface area contributed by atoms with E-state index in [4.69, 9.17) is 9.47 Å². The maximum Gasteiger partial charge on any atom is 0.196 e. The summed E-state index contributed by atoms with van der Waals surface area (Å²) < 4.78 is 24.9. The Labute approximate surface area is 128 Å². The third-order valence-electron chi connectivity index (χ3n) is 3.82. The molecule has 4 heteroatoms. The molecule has 0 aliphatic carbocycles. The predicted molar refractivity (Wildman–Crippen MR) is 81.3 cm³/mol. The molecule has 1 aliphatic heterocycles. The molecule has 0 spiro atoms. The van der Waals surface area contributed by atoms with Crippen molar-refractivity contribution in [3.8, 4) is 11.5 Å². The summed E-state index contributed by atoms with van der Waals surface area (Å²) >= 11 is 0. The maximum absolute atomic E-state index is 14.3. The van der Waals surface area contributed by atoms with E-state index in [9.17, 15) is 9.18 Å². The molecule has 3 nitrogen and oxygen atoms in total. The van der Waals surface area contributed by atoms with E-state index in [2.05, 4.69) is 0 Å². The van der Waals surface area contributed by atoms with Gasteiger partial charge in [-0.15, -0.1) is 0 Å². The summed E-state index contributed by atoms with van der Waals surface area (Å²) in [6.07, 6.45) is 2.54. The number of ketones is 1. The fraction of sp³-hybridized carbons (Fsp3) is 0.278. The average Bonchev–Trinajstić information content (AvgIpc) is 2.80. The molecule has 0 amide bonds. The molecule has 2 aromatic rings. The third-order valence-corrected chi connectivity index (χ3v) is 3.82. The highest BCUT2D eigenvalue weighted by atomic mass is 19.1. The zero-order valence-electron chi connectivity index (χ0n) is 12.4. The van der Waals surface area contributed by atoms with Crippen molar-refractivity contribution in [2.45, 2.75) is 19.3 Å². The first kappa shape index (κ1) is 14.6. The fourth-order valence-electron chi connectivity index (χ4n) is 2.71. The van der Waals surface area contributed by atoms with Gasteiger partial charge < -0.3 is 9.47 Å². The molecule has 0 radical (unpaired) electrons. The van der Waals surface area contributed by atoms with Crippen LogP contribution < -0.4 is 9.47 Å². The molecule has 0 fully saturated rings. The SMILES string of the molecule is COc1ccccc1C(=O)c1cc(F)c2c(c1)CCCCO2. The number of halogens is 1. The molecule has 0 atom stereocenters. The molecule has 0 unspecified atom stereocenters. The van der Waals surface area contributed by atoms with Crippen molar-refractivity contribution in [3.63, 3.8) is 0 Å². The summed E-state index contributed by atoms with van der Waals surface area (Å²) in [4.78, 5) is 12.7. The highest BCUT2D eigenvalue weighted by Gasteiger charge is 2.20. The minimum absolute atomic E-state index is 0.247. The Morgan fingerprint density at radius 1 is 1.23 bits per heavy atom. The lowest BCUT2D eigenvalue weighted by molar-refractivity contribution is 0.103. The minimum atomic E-state index is -0.474. The molecule has 114 valence electrons. The number of carbonyl (C=O) groups excluding carboxylic acids is 1. The summed E-state index contributed by atoms with van der Waals surface area (Å²) in [5.41, 5.74) is 1.51. The summed E-state index contributed by atoms with van der Waals surface area (Å²) in [7, 11) is 1.51. The zero-order valence-corrected chi connectivity index (χ0v) is 12.4. The molecule has 1 aliphatic rings. The van der Waals surface area contributed by atoms with Gasteiger partial charge in [0, 0.05) is 5.56 Å². The number of hydrogen-bond donors (Lipinski definition) is 0. The van der Waals surface area contributed by atoms with Crippen molar-refractivity contribution in [2.75, 3.05) is 13.7 Å². The number of methoxy groups -OCH3 is 1. The summed E-state index contributed by atoms with van der Waals surface area (Å²) in [5, 5.41) is 0. The van der Waals surface area contributed by atoms with Gasteiger partial charge in [0.1, 0.15) is 5.75 Å². The van der Waals surface area contributed by atoms with Gasteiger partial charge in [-0.25, -0.2) is 4.39 Å². The van der Waals surface area contributed by atoms with Crippen LogP contribution in [-0.2, 0) is 6.42 Å². The zero-order chi connectivity index (χ0) is 15.5. The molecule has 1 heterocycles. The van der Waals surface area contributed by atoms with E-state index in [-0.39, 0.29) is 11.5 Å². The Morgan fingerprint density at radius 3 is 2.86 bits per heavy atom. The van der Waals surface area contributed by atoms with Gasteiger partial charge in [-0.1, -0.05) is 12.1 Å². The second-order valence-corrected chi connectivity index (χ2v) is 5.28. The molecule has 22 heavy (non-hydrogen) atoms. The molecular formula is C18H17FO3. The van der Waals surface area contributed by atoms with E-state index in [1.807, 2.05) is 0 Å². The first-order valence-electron chi connectivity index (χ1n) is 7.33. The second kappa shape index (κ2) is 6.18. The third kappa shape index (κ3) is 2.69. The van der Waals surface area contributed by atoms with E-state index >= 15 is 0 Å². The van der Waals surface area contributed by atoms with Crippen molar-refractivity contribution in [1.82, 2.24) is 0 Å². The van der Waals surface area contributed by atoms with Gasteiger partial charge >= 0.3 is 0 Å². The number of para-hydroxylation sites is 1. The summed E-state index contributed by atoms with van der Waals surface area (Å²) in [6.45, 7) is 0.518. The Bertz CT molecular complexity index is 709.